The highest BCUT2D eigenvalue weighted by Gasteiger charge is 2.29. The summed E-state index contributed by atoms with van der Waals surface area (Å²) in [5.74, 6) is -0.116. The van der Waals surface area contributed by atoms with E-state index in [1.54, 1.807) is 6.07 Å². The van der Waals surface area contributed by atoms with E-state index in [1.807, 2.05) is 42.4 Å². The second-order valence-corrected chi connectivity index (χ2v) is 7.98. The molecule has 29 heavy (non-hydrogen) atoms. The third-order valence-corrected chi connectivity index (χ3v) is 5.94. The lowest BCUT2D eigenvalue weighted by atomic mass is 10.0. The van der Waals surface area contributed by atoms with Gasteiger partial charge in [0.15, 0.2) is 0 Å². The molecule has 2 saturated heterocycles. The van der Waals surface area contributed by atoms with Gasteiger partial charge < -0.3 is 19.5 Å². The van der Waals surface area contributed by atoms with E-state index in [4.69, 9.17) is 4.74 Å². The molecule has 1 aromatic carbocycles. The van der Waals surface area contributed by atoms with Crippen molar-refractivity contribution in [2.75, 3.05) is 18.5 Å². The fraction of sp³-hybridized carbons (Fsp3) is 0.478. The van der Waals surface area contributed by atoms with E-state index in [1.165, 1.54) is 5.69 Å². The molecular formula is C23H29N3O3. The first kappa shape index (κ1) is 19.7. The van der Waals surface area contributed by atoms with E-state index < -0.39 is 0 Å². The quantitative estimate of drug-likeness (QED) is 0.854. The van der Waals surface area contributed by atoms with Crippen LogP contribution >= 0.6 is 0 Å². The number of anilines is 1. The number of likely N-dealkylation sites (tertiary alicyclic amines) is 1. The molecule has 0 saturated carbocycles. The zero-order valence-electron chi connectivity index (χ0n) is 17.0. The monoisotopic (exact) mass is 395 g/mol. The van der Waals surface area contributed by atoms with Gasteiger partial charge in [-0.25, -0.2) is 0 Å². The lowest BCUT2D eigenvalue weighted by Crippen LogP contribution is -2.35. The number of rotatable bonds is 4. The van der Waals surface area contributed by atoms with Gasteiger partial charge in [-0.3, -0.25) is 9.59 Å². The Kier molecular flexibility index (Phi) is 6.00. The molecule has 4 rings (SSSR count). The van der Waals surface area contributed by atoms with Crippen LogP contribution in [0.4, 0.5) is 5.69 Å². The van der Waals surface area contributed by atoms with E-state index in [0.717, 1.165) is 45.1 Å². The molecule has 0 spiro atoms. The molecule has 2 amide bonds. The molecule has 1 aromatic heterocycles. The minimum absolute atomic E-state index is 0.0197. The zero-order chi connectivity index (χ0) is 20.2. The molecule has 3 heterocycles. The first-order valence-electron chi connectivity index (χ1n) is 10.6. The summed E-state index contributed by atoms with van der Waals surface area (Å²) in [6.45, 7) is 1.38. The Labute approximate surface area is 171 Å². The average molecular weight is 396 g/mol. The third-order valence-electron chi connectivity index (χ3n) is 5.94. The Morgan fingerprint density at radius 3 is 2.72 bits per heavy atom. The fourth-order valence-corrected chi connectivity index (χ4v) is 4.38. The average Bonchev–Trinajstić information content (AvgIpc) is 3.35. The number of ether oxygens (including phenoxy) is 1. The summed E-state index contributed by atoms with van der Waals surface area (Å²) in [5.41, 5.74) is 2.42. The fourth-order valence-electron chi connectivity index (χ4n) is 4.38. The molecule has 2 aliphatic rings. The predicted octanol–water partition coefficient (Wildman–Crippen LogP) is 3.90. The first-order valence-corrected chi connectivity index (χ1v) is 10.6. The lowest BCUT2D eigenvalue weighted by Gasteiger charge is -2.31. The zero-order valence-corrected chi connectivity index (χ0v) is 17.0. The summed E-state index contributed by atoms with van der Waals surface area (Å²) in [7, 11) is 2.03. The maximum absolute atomic E-state index is 13.4. The van der Waals surface area contributed by atoms with Gasteiger partial charge in [0.2, 0.25) is 0 Å². The van der Waals surface area contributed by atoms with Crippen molar-refractivity contribution in [1.29, 1.82) is 0 Å². The topological polar surface area (TPSA) is 63.6 Å². The largest absolute Gasteiger partial charge is 0.368 e. The predicted molar refractivity (Wildman–Crippen MR) is 112 cm³/mol. The molecule has 0 aliphatic carbocycles. The van der Waals surface area contributed by atoms with Crippen molar-refractivity contribution in [2.24, 2.45) is 7.05 Å². The molecule has 2 fully saturated rings. The van der Waals surface area contributed by atoms with Gasteiger partial charge in [-0.2, -0.15) is 0 Å². The number of nitrogens with one attached hydrogen (secondary N) is 1. The van der Waals surface area contributed by atoms with E-state index in [2.05, 4.69) is 16.0 Å². The summed E-state index contributed by atoms with van der Waals surface area (Å²) < 4.78 is 7.56. The Hall–Kier alpha value is -2.60. The number of benzene rings is 1. The van der Waals surface area contributed by atoms with Gasteiger partial charge in [0.05, 0.1) is 6.04 Å². The van der Waals surface area contributed by atoms with Crippen LogP contribution in [-0.2, 0) is 16.6 Å². The Balaban J connectivity index is 1.54. The van der Waals surface area contributed by atoms with Gasteiger partial charge in [0, 0.05) is 43.3 Å². The number of hydrogen-bond acceptors (Lipinski definition) is 3. The SMILES string of the molecule is Cn1cccc1[C@@H]1CCCCCN1C(=O)c1cccc(NC(=O)[C@H]2CCCO2)c1. The molecule has 6 heteroatoms. The first-order chi connectivity index (χ1) is 14.1. The number of carbonyl (C=O) groups is 2. The summed E-state index contributed by atoms with van der Waals surface area (Å²) in [5, 5.41) is 2.90. The van der Waals surface area contributed by atoms with Gasteiger partial charge in [0.1, 0.15) is 6.10 Å². The smallest absolute Gasteiger partial charge is 0.254 e. The molecule has 0 bridgehead atoms. The maximum Gasteiger partial charge on any atom is 0.254 e. The second-order valence-electron chi connectivity index (χ2n) is 7.98. The molecule has 154 valence electrons. The third kappa shape index (κ3) is 4.37. The summed E-state index contributed by atoms with van der Waals surface area (Å²) in [6, 6.07) is 11.5. The van der Waals surface area contributed by atoms with Crippen molar-refractivity contribution in [3.63, 3.8) is 0 Å². The molecule has 6 nitrogen and oxygen atoms in total. The van der Waals surface area contributed by atoms with Crippen molar-refractivity contribution in [3.05, 3.63) is 53.9 Å². The van der Waals surface area contributed by atoms with E-state index in [9.17, 15) is 9.59 Å². The van der Waals surface area contributed by atoms with Crippen LogP contribution in [0.25, 0.3) is 0 Å². The summed E-state index contributed by atoms with van der Waals surface area (Å²) >= 11 is 0. The minimum Gasteiger partial charge on any atom is -0.368 e. The van der Waals surface area contributed by atoms with E-state index >= 15 is 0 Å². The van der Waals surface area contributed by atoms with Gasteiger partial charge in [0.25, 0.3) is 11.8 Å². The Bertz CT molecular complexity index is 870. The van der Waals surface area contributed by atoms with E-state index in [0.29, 0.717) is 17.9 Å². The number of aryl methyl sites for hydroxylation is 1. The van der Waals surface area contributed by atoms with E-state index in [-0.39, 0.29) is 24.0 Å². The molecule has 2 atom stereocenters. The van der Waals surface area contributed by atoms with Crippen LogP contribution < -0.4 is 5.32 Å². The number of aromatic nitrogens is 1. The minimum atomic E-state index is -0.387. The van der Waals surface area contributed by atoms with Gasteiger partial charge in [-0.1, -0.05) is 18.9 Å². The highest BCUT2D eigenvalue weighted by molar-refractivity contribution is 5.98. The molecule has 2 aromatic rings. The highest BCUT2D eigenvalue weighted by Crippen LogP contribution is 2.31. The second kappa shape index (κ2) is 8.82. The standard InChI is InChI=1S/C23H29N3O3/c1-25-13-6-11-19(25)20-10-3-2-4-14-26(20)23(28)17-8-5-9-18(16-17)24-22(27)21-12-7-15-29-21/h5-6,8-9,11,13,16,20-21H,2-4,7,10,12,14-15H2,1H3,(H,24,27)/t20-,21+/m0/s1. The molecule has 0 unspecified atom stereocenters. The number of carbonyl (C=O) groups excluding carboxylic acids is 2. The van der Waals surface area contributed by atoms with Crippen LogP contribution in [-0.4, -0.2) is 40.5 Å². The Morgan fingerprint density at radius 1 is 1.07 bits per heavy atom. The van der Waals surface area contributed by atoms with Crippen LogP contribution in [0, 0.1) is 0 Å². The number of nitrogens with zero attached hydrogens (tertiary/aromatic N) is 2. The van der Waals surface area contributed by atoms with Crippen LogP contribution in [0.5, 0.6) is 0 Å². The van der Waals surface area contributed by atoms with Crippen molar-refractivity contribution < 1.29 is 14.3 Å². The van der Waals surface area contributed by atoms with Crippen molar-refractivity contribution in [3.8, 4) is 0 Å². The van der Waals surface area contributed by atoms with Crippen LogP contribution in [0.1, 0.15) is 60.6 Å². The molecule has 1 N–H and O–H groups in total. The Morgan fingerprint density at radius 2 is 1.97 bits per heavy atom. The highest BCUT2D eigenvalue weighted by atomic mass is 16.5. The van der Waals surface area contributed by atoms with Crippen molar-refractivity contribution in [2.45, 2.75) is 50.7 Å². The maximum atomic E-state index is 13.4. The van der Waals surface area contributed by atoms with Crippen molar-refractivity contribution >= 4 is 17.5 Å². The number of hydrogen-bond donors (Lipinski definition) is 1. The molecular weight excluding hydrogens is 366 g/mol. The molecule has 2 aliphatic heterocycles. The lowest BCUT2D eigenvalue weighted by molar-refractivity contribution is -0.124. The van der Waals surface area contributed by atoms with Crippen LogP contribution in [0.15, 0.2) is 42.6 Å². The van der Waals surface area contributed by atoms with Crippen molar-refractivity contribution in [1.82, 2.24) is 9.47 Å². The normalized spacial score (nSPS) is 22.3. The van der Waals surface area contributed by atoms with Crippen LogP contribution in [0.2, 0.25) is 0 Å². The van der Waals surface area contributed by atoms with Crippen LogP contribution in [0.3, 0.4) is 0 Å². The number of amides is 2. The molecule has 0 radical (unpaired) electrons. The van der Waals surface area contributed by atoms with Gasteiger partial charge in [-0.15, -0.1) is 0 Å². The summed E-state index contributed by atoms with van der Waals surface area (Å²) in [6.07, 6.45) is 7.55. The summed E-state index contributed by atoms with van der Waals surface area (Å²) in [4.78, 5) is 27.8. The van der Waals surface area contributed by atoms with Gasteiger partial charge in [-0.05, 0) is 56.0 Å². The van der Waals surface area contributed by atoms with Gasteiger partial charge >= 0.3 is 0 Å².